The zero-order valence-electron chi connectivity index (χ0n) is 17.5. The second-order valence-corrected chi connectivity index (χ2v) is 8.44. The number of hydrogen-bond donors (Lipinski definition) is 2. The topological polar surface area (TPSA) is 80.0 Å². The van der Waals surface area contributed by atoms with Gasteiger partial charge in [-0.25, -0.2) is 0 Å². The monoisotopic (exact) mass is 400 g/mol. The summed E-state index contributed by atoms with van der Waals surface area (Å²) in [6, 6.07) is 18.3. The number of aromatic hydroxyl groups is 1. The summed E-state index contributed by atoms with van der Waals surface area (Å²) in [5.74, 6) is -0.0144. The first-order chi connectivity index (χ1) is 14.2. The number of anilines is 1. The number of carbonyl (C=O) groups excluding carboxylic acids is 1. The van der Waals surface area contributed by atoms with E-state index in [2.05, 4.69) is 36.3 Å². The van der Waals surface area contributed by atoms with Crippen LogP contribution in [0, 0.1) is 6.92 Å². The molecule has 0 aliphatic heterocycles. The van der Waals surface area contributed by atoms with Crippen LogP contribution in [-0.2, 0) is 5.41 Å². The fraction of sp³-hybridized carbons (Fsp3) is 0.208. The van der Waals surface area contributed by atoms with Crippen molar-refractivity contribution < 1.29 is 9.90 Å². The fourth-order valence-corrected chi connectivity index (χ4v) is 3.38. The van der Waals surface area contributed by atoms with Crippen molar-refractivity contribution in [1.82, 2.24) is 15.0 Å². The van der Waals surface area contributed by atoms with Crippen molar-refractivity contribution in [3.05, 3.63) is 77.4 Å². The minimum Gasteiger partial charge on any atom is -0.505 e. The summed E-state index contributed by atoms with van der Waals surface area (Å²) < 4.78 is 0. The van der Waals surface area contributed by atoms with E-state index < -0.39 is 0 Å². The number of phenolic OH excluding ortho intramolecular Hbond substituents is 1. The standard InChI is InChI=1S/C24H24N4O2/c1-15-12-18(24(2,3)4)22(29)21(13-15)28-26-19-11-10-17(14-20(19)27-28)25-23(30)16-8-6-5-7-9-16/h5-14,29H,1-4H3,(H,25,30). The average Bonchev–Trinajstić information content (AvgIpc) is 3.12. The van der Waals surface area contributed by atoms with E-state index in [-0.39, 0.29) is 17.1 Å². The molecule has 0 fully saturated rings. The van der Waals surface area contributed by atoms with E-state index in [1.807, 2.05) is 37.3 Å². The van der Waals surface area contributed by atoms with Gasteiger partial charge in [-0.15, -0.1) is 15.0 Å². The molecule has 0 atom stereocenters. The third kappa shape index (κ3) is 3.76. The molecule has 6 heteroatoms. The lowest BCUT2D eigenvalue weighted by Crippen LogP contribution is -2.13. The Labute approximate surface area is 175 Å². The molecule has 1 aromatic heterocycles. The largest absolute Gasteiger partial charge is 0.505 e. The number of aromatic nitrogens is 3. The highest BCUT2D eigenvalue weighted by Crippen LogP contribution is 2.36. The van der Waals surface area contributed by atoms with Crippen LogP contribution in [0.1, 0.15) is 42.3 Å². The molecular weight excluding hydrogens is 376 g/mol. The Kier molecular flexibility index (Phi) is 4.78. The van der Waals surface area contributed by atoms with Gasteiger partial charge < -0.3 is 10.4 Å². The third-order valence-electron chi connectivity index (χ3n) is 4.93. The Morgan fingerprint density at radius 3 is 2.37 bits per heavy atom. The summed E-state index contributed by atoms with van der Waals surface area (Å²) in [6.45, 7) is 8.15. The lowest BCUT2D eigenvalue weighted by atomic mass is 9.85. The molecule has 4 rings (SSSR count). The van der Waals surface area contributed by atoms with Crippen LogP contribution in [0.2, 0.25) is 0 Å². The average molecular weight is 400 g/mol. The quantitative estimate of drug-likeness (QED) is 0.508. The summed E-state index contributed by atoms with van der Waals surface area (Å²) in [6.07, 6.45) is 0. The molecule has 0 saturated carbocycles. The molecule has 0 radical (unpaired) electrons. The second kappa shape index (κ2) is 7.30. The SMILES string of the molecule is Cc1cc(-n2nc3ccc(NC(=O)c4ccccc4)cc3n2)c(O)c(C(C)(C)C)c1. The van der Waals surface area contributed by atoms with Crippen molar-refractivity contribution in [1.29, 1.82) is 0 Å². The predicted molar refractivity (Wildman–Crippen MR) is 118 cm³/mol. The molecule has 0 bridgehead atoms. The van der Waals surface area contributed by atoms with Crippen LogP contribution < -0.4 is 5.32 Å². The molecule has 0 saturated heterocycles. The Hall–Kier alpha value is -3.67. The molecule has 1 heterocycles. The molecule has 1 amide bonds. The van der Waals surface area contributed by atoms with Crippen molar-refractivity contribution in [3.8, 4) is 11.4 Å². The number of nitrogens with zero attached hydrogens (tertiary/aromatic N) is 3. The normalized spacial score (nSPS) is 11.6. The van der Waals surface area contributed by atoms with Gasteiger partial charge in [0.25, 0.3) is 5.91 Å². The van der Waals surface area contributed by atoms with Gasteiger partial charge in [0.15, 0.2) is 0 Å². The van der Waals surface area contributed by atoms with Crippen LogP contribution in [0.5, 0.6) is 5.75 Å². The van der Waals surface area contributed by atoms with Gasteiger partial charge in [-0.2, -0.15) is 0 Å². The van der Waals surface area contributed by atoms with Gasteiger partial charge in [0, 0.05) is 16.8 Å². The number of nitrogens with one attached hydrogen (secondary N) is 1. The van der Waals surface area contributed by atoms with Crippen LogP contribution in [0.15, 0.2) is 60.7 Å². The van der Waals surface area contributed by atoms with E-state index >= 15 is 0 Å². The molecule has 0 unspecified atom stereocenters. The molecule has 3 aromatic carbocycles. The van der Waals surface area contributed by atoms with Gasteiger partial charge in [-0.3, -0.25) is 4.79 Å². The summed E-state index contributed by atoms with van der Waals surface area (Å²) in [5.41, 5.74) is 4.69. The molecule has 6 nitrogen and oxygen atoms in total. The first kappa shape index (κ1) is 19.6. The smallest absolute Gasteiger partial charge is 0.255 e. The Balaban J connectivity index is 1.70. The molecular formula is C24H24N4O2. The van der Waals surface area contributed by atoms with Crippen LogP contribution in [0.3, 0.4) is 0 Å². The number of benzene rings is 3. The van der Waals surface area contributed by atoms with Crippen molar-refractivity contribution in [2.75, 3.05) is 5.32 Å². The van der Waals surface area contributed by atoms with Crippen LogP contribution >= 0.6 is 0 Å². The first-order valence-corrected chi connectivity index (χ1v) is 9.80. The maximum Gasteiger partial charge on any atom is 0.255 e. The molecule has 4 aromatic rings. The van der Waals surface area contributed by atoms with Crippen molar-refractivity contribution in [3.63, 3.8) is 0 Å². The number of amides is 1. The summed E-state index contributed by atoms with van der Waals surface area (Å²) in [5, 5.41) is 22.8. The van der Waals surface area contributed by atoms with Crippen molar-refractivity contribution in [2.45, 2.75) is 33.1 Å². The van der Waals surface area contributed by atoms with Gasteiger partial charge in [-0.1, -0.05) is 45.0 Å². The Bertz CT molecular complexity index is 1240. The van der Waals surface area contributed by atoms with Gasteiger partial charge >= 0.3 is 0 Å². The van der Waals surface area contributed by atoms with Gasteiger partial charge in [0.2, 0.25) is 0 Å². The summed E-state index contributed by atoms with van der Waals surface area (Å²) in [4.78, 5) is 13.9. The van der Waals surface area contributed by atoms with Crippen LogP contribution in [-0.4, -0.2) is 26.0 Å². The maximum atomic E-state index is 12.4. The van der Waals surface area contributed by atoms with Gasteiger partial charge in [-0.05, 0) is 54.3 Å². The van der Waals surface area contributed by atoms with E-state index in [4.69, 9.17) is 0 Å². The Morgan fingerprint density at radius 1 is 0.967 bits per heavy atom. The van der Waals surface area contributed by atoms with E-state index in [0.717, 1.165) is 11.1 Å². The highest BCUT2D eigenvalue weighted by Gasteiger charge is 2.22. The zero-order chi connectivity index (χ0) is 21.5. The van der Waals surface area contributed by atoms with Gasteiger partial charge in [0.1, 0.15) is 22.5 Å². The zero-order valence-corrected chi connectivity index (χ0v) is 17.5. The minimum atomic E-state index is -0.216. The maximum absolute atomic E-state index is 12.4. The predicted octanol–water partition coefficient (Wildman–Crippen LogP) is 4.98. The molecule has 0 spiro atoms. The van der Waals surface area contributed by atoms with E-state index in [1.165, 1.54) is 4.80 Å². The lowest BCUT2D eigenvalue weighted by molar-refractivity contribution is 0.102. The Morgan fingerprint density at radius 2 is 1.67 bits per heavy atom. The highest BCUT2D eigenvalue weighted by atomic mass is 16.3. The molecule has 2 N–H and O–H groups in total. The second-order valence-electron chi connectivity index (χ2n) is 8.44. The summed E-state index contributed by atoms with van der Waals surface area (Å²) in [7, 11) is 0. The van der Waals surface area contributed by atoms with Crippen molar-refractivity contribution in [2.24, 2.45) is 0 Å². The minimum absolute atomic E-state index is 0.172. The van der Waals surface area contributed by atoms with E-state index in [0.29, 0.717) is 28.0 Å². The van der Waals surface area contributed by atoms with Gasteiger partial charge in [0.05, 0.1) is 0 Å². The molecule has 152 valence electrons. The first-order valence-electron chi connectivity index (χ1n) is 9.80. The number of aryl methyl sites for hydroxylation is 1. The lowest BCUT2D eigenvalue weighted by Gasteiger charge is -2.22. The number of rotatable bonds is 3. The number of phenols is 1. The number of carbonyl (C=O) groups is 1. The van der Waals surface area contributed by atoms with Crippen molar-refractivity contribution >= 4 is 22.6 Å². The molecule has 0 aliphatic carbocycles. The number of fused-ring (bicyclic) bond motifs is 1. The highest BCUT2D eigenvalue weighted by molar-refractivity contribution is 6.04. The molecule has 30 heavy (non-hydrogen) atoms. The van der Waals surface area contributed by atoms with Crippen LogP contribution in [0.4, 0.5) is 5.69 Å². The number of hydrogen-bond acceptors (Lipinski definition) is 4. The summed E-state index contributed by atoms with van der Waals surface area (Å²) >= 11 is 0. The van der Waals surface area contributed by atoms with E-state index in [1.54, 1.807) is 30.3 Å². The van der Waals surface area contributed by atoms with E-state index in [9.17, 15) is 9.90 Å². The fourth-order valence-electron chi connectivity index (χ4n) is 3.38. The third-order valence-corrected chi connectivity index (χ3v) is 4.93. The van der Waals surface area contributed by atoms with Crippen LogP contribution in [0.25, 0.3) is 16.7 Å². The molecule has 0 aliphatic rings.